The van der Waals surface area contributed by atoms with E-state index in [1.807, 2.05) is 18.2 Å². The Kier molecular flexibility index (Phi) is 6.90. The molecule has 1 atom stereocenters. The minimum atomic E-state index is -1.54. The van der Waals surface area contributed by atoms with Crippen LogP contribution in [0.4, 0.5) is 5.69 Å². The molecule has 1 unspecified atom stereocenters. The van der Waals surface area contributed by atoms with E-state index in [1.165, 1.54) is 16.7 Å². The lowest BCUT2D eigenvalue weighted by molar-refractivity contribution is -0.154. The van der Waals surface area contributed by atoms with E-state index in [-0.39, 0.29) is 37.5 Å². The Bertz CT molecular complexity index is 1310. The van der Waals surface area contributed by atoms with Crippen molar-refractivity contribution in [3.05, 3.63) is 70.3 Å². The van der Waals surface area contributed by atoms with Crippen molar-refractivity contribution < 1.29 is 23.9 Å². The maximum absolute atomic E-state index is 13.9. The third kappa shape index (κ3) is 4.85. The number of fused-ring (bicyclic) bond motifs is 2. The molecule has 2 heterocycles. The smallest absolute Gasteiger partial charge is 0.326 e. The van der Waals surface area contributed by atoms with Gasteiger partial charge in [0.2, 0.25) is 11.8 Å². The number of anilines is 1. The van der Waals surface area contributed by atoms with E-state index in [0.717, 1.165) is 0 Å². The van der Waals surface area contributed by atoms with Crippen LogP contribution in [0.15, 0.2) is 54.1 Å². The molecule has 8 nitrogen and oxygen atoms in total. The first-order chi connectivity index (χ1) is 17.3. The predicted molar refractivity (Wildman–Crippen MR) is 141 cm³/mol. The normalized spacial score (nSPS) is 19.8. The second-order valence-corrected chi connectivity index (χ2v) is 10.8. The second kappa shape index (κ2) is 9.67. The van der Waals surface area contributed by atoms with Crippen molar-refractivity contribution in [2.45, 2.75) is 45.1 Å². The molecule has 2 aliphatic heterocycles. The second-order valence-electron chi connectivity index (χ2n) is 10.3. The number of Topliss-reactive ketones (excluding diaryl/α,β-unsaturated/α-hetero) is 1. The van der Waals surface area contributed by atoms with Crippen LogP contribution < -0.4 is 10.6 Å². The number of hydrogen-bond acceptors (Lipinski definition) is 6. The highest BCUT2D eigenvalue weighted by Gasteiger charge is 2.61. The number of nitrogens with two attached hydrogens (primary N) is 1. The lowest BCUT2D eigenvalue weighted by Gasteiger charge is -2.25. The lowest BCUT2D eigenvalue weighted by atomic mass is 9.80. The summed E-state index contributed by atoms with van der Waals surface area (Å²) in [6, 6.07) is 13.9. The third-order valence-corrected chi connectivity index (χ3v) is 6.85. The third-order valence-electron chi connectivity index (χ3n) is 6.62. The highest BCUT2D eigenvalue weighted by Crippen LogP contribution is 2.49. The Labute approximate surface area is 221 Å². The van der Waals surface area contributed by atoms with E-state index >= 15 is 0 Å². The van der Waals surface area contributed by atoms with Crippen molar-refractivity contribution in [2.75, 3.05) is 24.5 Å². The Morgan fingerprint density at radius 1 is 1.05 bits per heavy atom. The van der Waals surface area contributed by atoms with Crippen LogP contribution in [0.1, 0.15) is 45.2 Å². The van der Waals surface area contributed by atoms with Gasteiger partial charge in [-0.25, -0.2) is 0 Å². The number of likely N-dealkylation sites (tertiary alicyclic amines) is 1. The van der Waals surface area contributed by atoms with Gasteiger partial charge in [0.1, 0.15) is 12.1 Å². The molecule has 1 saturated heterocycles. The summed E-state index contributed by atoms with van der Waals surface area (Å²) in [6.45, 7) is 6.49. The Morgan fingerprint density at radius 3 is 2.35 bits per heavy atom. The molecule has 0 aromatic heterocycles. The van der Waals surface area contributed by atoms with Crippen molar-refractivity contribution >= 4 is 46.6 Å². The van der Waals surface area contributed by atoms with E-state index in [4.69, 9.17) is 22.1 Å². The maximum Gasteiger partial charge on any atom is 0.326 e. The van der Waals surface area contributed by atoms with Gasteiger partial charge in [0.05, 0.1) is 6.54 Å². The molecule has 0 aliphatic carbocycles. The van der Waals surface area contributed by atoms with Gasteiger partial charge in [0.15, 0.2) is 11.2 Å². The summed E-state index contributed by atoms with van der Waals surface area (Å²) < 4.78 is 5.42. The van der Waals surface area contributed by atoms with Crippen molar-refractivity contribution in [1.29, 1.82) is 0 Å². The summed E-state index contributed by atoms with van der Waals surface area (Å²) in [5, 5.41) is 0.369. The standard InChI is InChI=1S/C28H30ClN3O5/c1-17(33)20(24(30)18-8-6-5-7-9-18)15-31-13-12-28(25(31)35)21-14-19(29)10-11-22(21)32(26(28)36)16-23(34)37-27(2,3)4/h5-11,14H,12-13,15-16,30H2,1-4H3. The molecule has 2 aromatic carbocycles. The SMILES string of the molecule is CC(=O)C(CN1CCC2(C1=O)C(=O)N(CC(=O)OC(C)(C)C)c1ccc(Cl)cc12)=C(N)c1ccccc1. The first-order valence-corrected chi connectivity index (χ1v) is 12.4. The van der Waals surface area contributed by atoms with Crippen LogP contribution in [0.5, 0.6) is 0 Å². The number of carbonyl (C=O) groups is 4. The number of halogens is 1. The number of benzene rings is 2. The van der Waals surface area contributed by atoms with E-state index in [9.17, 15) is 19.2 Å². The van der Waals surface area contributed by atoms with Gasteiger partial charge in [-0.2, -0.15) is 0 Å². The van der Waals surface area contributed by atoms with E-state index in [2.05, 4.69) is 0 Å². The van der Waals surface area contributed by atoms with Gasteiger partial charge in [-0.1, -0.05) is 41.9 Å². The van der Waals surface area contributed by atoms with Crippen LogP contribution in [0.25, 0.3) is 5.70 Å². The number of ether oxygens (including phenoxy) is 1. The number of ketones is 1. The Hall–Kier alpha value is -3.65. The zero-order chi connectivity index (χ0) is 27.1. The van der Waals surface area contributed by atoms with Gasteiger partial charge < -0.3 is 15.4 Å². The van der Waals surface area contributed by atoms with E-state index < -0.39 is 28.8 Å². The number of amides is 2. The zero-order valence-corrected chi connectivity index (χ0v) is 22.1. The fourth-order valence-electron chi connectivity index (χ4n) is 4.95. The molecule has 0 saturated carbocycles. The molecule has 1 spiro atoms. The molecule has 0 bridgehead atoms. The number of rotatable bonds is 6. The molecule has 1 fully saturated rings. The molecule has 2 N–H and O–H groups in total. The van der Waals surface area contributed by atoms with Crippen molar-refractivity contribution in [1.82, 2.24) is 4.90 Å². The summed E-state index contributed by atoms with van der Waals surface area (Å²) in [4.78, 5) is 55.7. The van der Waals surface area contributed by atoms with Gasteiger partial charge in [-0.15, -0.1) is 0 Å². The fraction of sp³-hybridized carbons (Fsp3) is 0.357. The van der Waals surface area contributed by atoms with E-state index in [0.29, 0.717) is 27.4 Å². The first kappa shape index (κ1) is 26.4. The summed E-state index contributed by atoms with van der Waals surface area (Å²) >= 11 is 6.28. The van der Waals surface area contributed by atoms with Crippen molar-refractivity contribution in [3.63, 3.8) is 0 Å². The summed E-state index contributed by atoms with van der Waals surface area (Å²) in [6.07, 6.45) is 0.180. The molecule has 2 aliphatic rings. The first-order valence-electron chi connectivity index (χ1n) is 12.0. The number of nitrogens with zero attached hydrogens (tertiary/aromatic N) is 2. The van der Waals surface area contributed by atoms with Crippen molar-refractivity contribution in [2.24, 2.45) is 5.73 Å². The minimum absolute atomic E-state index is 0.0358. The van der Waals surface area contributed by atoms with Crippen LogP contribution >= 0.6 is 11.6 Å². The molecular weight excluding hydrogens is 494 g/mol. The molecule has 2 aromatic rings. The largest absolute Gasteiger partial charge is 0.459 e. The molecule has 37 heavy (non-hydrogen) atoms. The van der Waals surface area contributed by atoms with E-state index in [1.54, 1.807) is 51.1 Å². The fourth-order valence-corrected chi connectivity index (χ4v) is 5.12. The van der Waals surface area contributed by atoms with Crippen molar-refractivity contribution in [3.8, 4) is 0 Å². The average molecular weight is 524 g/mol. The van der Waals surface area contributed by atoms with Crippen LogP contribution in [0.2, 0.25) is 5.02 Å². The number of hydrogen-bond donors (Lipinski definition) is 1. The predicted octanol–water partition coefficient (Wildman–Crippen LogP) is 3.46. The van der Waals surface area contributed by atoms with Crippen LogP contribution in [-0.2, 0) is 29.3 Å². The summed E-state index contributed by atoms with van der Waals surface area (Å²) in [5.41, 5.74) is 6.22. The lowest BCUT2D eigenvalue weighted by Crippen LogP contribution is -2.48. The average Bonchev–Trinajstić information content (AvgIpc) is 3.26. The monoisotopic (exact) mass is 523 g/mol. The van der Waals surface area contributed by atoms with Crippen LogP contribution in [0.3, 0.4) is 0 Å². The van der Waals surface area contributed by atoms with Crippen LogP contribution in [0, 0.1) is 0 Å². The van der Waals surface area contributed by atoms with Gasteiger partial charge in [-0.3, -0.25) is 24.1 Å². The van der Waals surface area contributed by atoms with Gasteiger partial charge in [0, 0.05) is 34.1 Å². The van der Waals surface area contributed by atoms with Gasteiger partial charge in [-0.05, 0) is 57.9 Å². The quantitative estimate of drug-likeness (QED) is 0.353. The summed E-state index contributed by atoms with van der Waals surface area (Å²) in [5.74, 6) is -1.80. The highest BCUT2D eigenvalue weighted by atomic mass is 35.5. The minimum Gasteiger partial charge on any atom is -0.459 e. The molecule has 194 valence electrons. The molecule has 4 rings (SSSR count). The van der Waals surface area contributed by atoms with Crippen LogP contribution in [-0.4, -0.2) is 53.7 Å². The topological polar surface area (TPSA) is 110 Å². The zero-order valence-electron chi connectivity index (χ0n) is 21.3. The van der Waals surface area contributed by atoms with Gasteiger partial charge in [0.25, 0.3) is 0 Å². The molecular formula is C28H30ClN3O5. The van der Waals surface area contributed by atoms with Gasteiger partial charge >= 0.3 is 5.97 Å². The molecule has 9 heteroatoms. The molecule has 0 radical (unpaired) electrons. The number of esters is 1. The highest BCUT2D eigenvalue weighted by molar-refractivity contribution is 6.31. The number of carbonyl (C=O) groups excluding carboxylic acids is 4. The summed E-state index contributed by atoms with van der Waals surface area (Å²) in [7, 11) is 0. The maximum atomic E-state index is 13.9. The molecule has 2 amide bonds. The Morgan fingerprint density at radius 2 is 1.73 bits per heavy atom. The Balaban J connectivity index is 1.69.